The fourth-order valence-corrected chi connectivity index (χ4v) is 3.78. The van der Waals surface area contributed by atoms with Gasteiger partial charge in [-0.3, -0.25) is 9.36 Å². The van der Waals surface area contributed by atoms with Crippen molar-refractivity contribution in [1.29, 1.82) is 0 Å². The lowest BCUT2D eigenvalue weighted by Gasteiger charge is -2.10. The smallest absolute Gasteiger partial charge is 0.196 e. The first-order chi connectivity index (χ1) is 14.3. The minimum Gasteiger partial charge on any atom is -0.497 e. The maximum absolute atomic E-state index is 12.5. The Morgan fingerprint density at radius 3 is 2.21 bits per heavy atom. The summed E-state index contributed by atoms with van der Waals surface area (Å²) in [5.41, 5.74) is 2.56. The van der Waals surface area contributed by atoms with Gasteiger partial charge in [0.25, 0.3) is 0 Å². The number of Topliss-reactive ketones (excluding diaryl/α,β-unsaturated/α-hetero) is 1. The van der Waals surface area contributed by atoms with Crippen LogP contribution < -0.4 is 4.74 Å². The van der Waals surface area contributed by atoms with Crippen molar-refractivity contribution in [2.45, 2.75) is 5.16 Å². The highest BCUT2D eigenvalue weighted by molar-refractivity contribution is 7.99. The van der Waals surface area contributed by atoms with E-state index in [9.17, 15) is 4.79 Å². The van der Waals surface area contributed by atoms with Crippen LogP contribution in [0.15, 0.2) is 90.1 Å². The Bertz CT molecular complexity index is 1090. The summed E-state index contributed by atoms with van der Waals surface area (Å²) in [6.07, 6.45) is 0. The lowest BCUT2D eigenvalue weighted by Crippen LogP contribution is -2.04. The lowest BCUT2D eigenvalue weighted by molar-refractivity contribution is 0.102. The fourth-order valence-electron chi connectivity index (χ4n) is 2.94. The van der Waals surface area contributed by atoms with Crippen LogP contribution in [0.5, 0.6) is 5.75 Å². The molecule has 1 heterocycles. The molecule has 3 aromatic carbocycles. The molecule has 0 aliphatic carbocycles. The third-order valence-corrected chi connectivity index (χ3v) is 5.35. The summed E-state index contributed by atoms with van der Waals surface area (Å²) < 4.78 is 7.22. The van der Waals surface area contributed by atoms with Crippen molar-refractivity contribution in [3.05, 3.63) is 90.5 Å². The number of hydrogen-bond acceptors (Lipinski definition) is 5. The highest BCUT2D eigenvalue weighted by Gasteiger charge is 2.17. The van der Waals surface area contributed by atoms with E-state index in [2.05, 4.69) is 10.2 Å². The molecule has 6 heteroatoms. The molecule has 0 saturated carbocycles. The minimum atomic E-state index is 0.0595. The van der Waals surface area contributed by atoms with Crippen LogP contribution in [0.3, 0.4) is 0 Å². The first-order valence-electron chi connectivity index (χ1n) is 9.12. The Balaban J connectivity index is 1.67. The molecule has 1 aromatic heterocycles. The number of rotatable bonds is 7. The average molecular weight is 401 g/mol. The summed E-state index contributed by atoms with van der Waals surface area (Å²) in [6, 6.07) is 26.9. The molecule has 0 unspecified atom stereocenters. The number of thioether (sulfide) groups is 1. The zero-order valence-electron chi connectivity index (χ0n) is 15.9. The van der Waals surface area contributed by atoms with E-state index in [0.29, 0.717) is 16.5 Å². The van der Waals surface area contributed by atoms with Gasteiger partial charge in [0.05, 0.1) is 12.9 Å². The van der Waals surface area contributed by atoms with Crippen LogP contribution in [0.2, 0.25) is 0 Å². The van der Waals surface area contributed by atoms with Crippen LogP contribution in [0.1, 0.15) is 10.4 Å². The van der Waals surface area contributed by atoms with Crippen molar-refractivity contribution < 1.29 is 9.53 Å². The number of ether oxygens (including phenoxy) is 1. The highest BCUT2D eigenvalue weighted by atomic mass is 32.2. The van der Waals surface area contributed by atoms with E-state index >= 15 is 0 Å². The molecular formula is C23H19N3O2S. The molecular weight excluding hydrogens is 382 g/mol. The van der Waals surface area contributed by atoms with E-state index in [1.54, 1.807) is 7.11 Å². The second-order valence-electron chi connectivity index (χ2n) is 6.28. The minimum absolute atomic E-state index is 0.0595. The van der Waals surface area contributed by atoms with Gasteiger partial charge in [-0.2, -0.15) is 0 Å². The quantitative estimate of drug-likeness (QED) is 0.325. The molecule has 0 atom stereocenters. The summed E-state index contributed by atoms with van der Waals surface area (Å²) >= 11 is 1.38. The molecule has 0 spiro atoms. The summed E-state index contributed by atoms with van der Waals surface area (Å²) in [7, 11) is 1.64. The third-order valence-electron chi connectivity index (χ3n) is 4.42. The molecule has 5 nitrogen and oxygen atoms in total. The Morgan fingerprint density at radius 2 is 1.55 bits per heavy atom. The first kappa shape index (κ1) is 19.0. The summed E-state index contributed by atoms with van der Waals surface area (Å²) in [5, 5.41) is 9.45. The van der Waals surface area contributed by atoms with Gasteiger partial charge in [-0.05, 0) is 36.4 Å². The monoisotopic (exact) mass is 401 g/mol. The number of para-hydroxylation sites is 1. The predicted molar refractivity (Wildman–Crippen MR) is 115 cm³/mol. The molecule has 144 valence electrons. The number of carbonyl (C=O) groups excluding carboxylic acids is 1. The van der Waals surface area contributed by atoms with Gasteiger partial charge in [-0.1, -0.05) is 60.3 Å². The number of ketones is 1. The molecule has 29 heavy (non-hydrogen) atoms. The third kappa shape index (κ3) is 4.22. The molecule has 0 aliphatic rings. The van der Waals surface area contributed by atoms with Gasteiger partial charge >= 0.3 is 0 Å². The van der Waals surface area contributed by atoms with Crippen molar-refractivity contribution in [3.8, 4) is 22.8 Å². The molecule has 0 radical (unpaired) electrons. The Kier molecular flexibility index (Phi) is 5.72. The zero-order valence-corrected chi connectivity index (χ0v) is 16.7. The van der Waals surface area contributed by atoms with Crippen LogP contribution in [-0.4, -0.2) is 33.4 Å². The molecule has 4 rings (SSSR count). The lowest BCUT2D eigenvalue weighted by atomic mass is 10.2. The van der Waals surface area contributed by atoms with Crippen molar-refractivity contribution >= 4 is 17.5 Å². The Morgan fingerprint density at radius 1 is 0.897 bits per heavy atom. The van der Waals surface area contributed by atoms with Crippen molar-refractivity contribution in [2.24, 2.45) is 0 Å². The van der Waals surface area contributed by atoms with Gasteiger partial charge in [-0.15, -0.1) is 10.2 Å². The largest absolute Gasteiger partial charge is 0.497 e. The molecule has 0 N–H and O–H groups in total. The van der Waals surface area contributed by atoms with Crippen LogP contribution >= 0.6 is 11.8 Å². The summed E-state index contributed by atoms with van der Waals surface area (Å²) in [5.74, 6) is 1.85. The van der Waals surface area contributed by atoms with Crippen LogP contribution in [0.25, 0.3) is 17.1 Å². The maximum Gasteiger partial charge on any atom is 0.196 e. The molecule has 0 amide bonds. The van der Waals surface area contributed by atoms with Crippen molar-refractivity contribution in [3.63, 3.8) is 0 Å². The first-order valence-corrected chi connectivity index (χ1v) is 10.1. The topological polar surface area (TPSA) is 57.0 Å². The number of benzene rings is 3. The van der Waals surface area contributed by atoms with Gasteiger partial charge in [0.2, 0.25) is 0 Å². The highest BCUT2D eigenvalue weighted by Crippen LogP contribution is 2.29. The second-order valence-corrected chi connectivity index (χ2v) is 7.23. The number of hydrogen-bond donors (Lipinski definition) is 0. The van der Waals surface area contributed by atoms with Gasteiger partial charge in [-0.25, -0.2) is 0 Å². The molecule has 0 bridgehead atoms. The molecule has 4 aromatic rings. The number of nitrogens with zero attached hydrogens (tertiary/aromatic N) is 3. The zero-order chi connectivity index (χ0) is 20.1. The molecule has 0 aliphatic heterocycles. The van der Waals surface area contributed by atoms with E-state index in [1.807, 2.05) is 89.5 Å². The van der Waals surface area contributed by atoms with E-state index in [-0.39, 0.29) is 11.5 Å². The molecule has 0 fully saturated rings. The summed E-state index contributed by atoms with van der Waals surface area (Å²) in [6.45, 7) is 0. The van der Waals surface area contributed by atoms with E-state index in [1.165, 1.54) is 11.8 Å². The Hall–Kier alpha value is -3.38. The van der Waals surface area contributed by atoms with Crippen LogP contribution in [-0.2, 0) is 0 Å². The van der Waals surface area contributed by atoms with Crippen molar-refractivity contribution in [2.75, 3.05) is 12.9 Å². The van der Waals surface area contributed by atoms with Gasteiger partial charge in [0.15, 0.2) is 16.8 Å². The van der Waals surface area contributed by atoms with E-state index < -0.39 is 0 Å². The second kappa shape index (κ2) is 8.75. The molecule has 0 saturated heterocycles. The average Bonchev–Trinajstić information content (AvgIpc) is 3.22. The fraction of sp³-hybridized carbons (Fsp3) is 0.0870. The normalized spacial score (nSPS) is 10.7. The van der Waals surface area contributed by atoms with Gasteiger partial charge in [0, 0.05) is 16.8 Å². The SMILES string of the molecule is COc1ccc(-c2nnc(SCC(=O)c3ccccc3)n2-c2ccccc2)cc1. The van der Waals surface area contributed by atoms with E-state index in [4.69, 9.17) is 4.74 Å². The van der Waals surface area contributed by atoms with Crippen LogP contribution in [0, 0.1) is 0 Å². The van der Waals surface area contributed by atoms with Gasteiger partial charge in [0.1, 0.15) is 5.75 Å². The van der Waals surface area contributed by atoms with Crippen LogP contribution in [0.4, 0.5) is 0 Å². The Labute approximate surface area is 173 Å². The maximum atomic E-state index is 12.5. The number of aromatic nitrogens is 3. The summed E-state index contributed by atoms with van der Waals surface area (Å²) in [4.78, 5) is 12.5. The standard InChI is InChI=1S/C23H19N3O2S/c1-28-20-14-12-18(13-15-20)22-24-25-23(26(22)19-10-6-3-7-11-19)29-16-21(27)17-8-4-2-5-9-17/h2-15H,16H2,1H3. The number of carbonyl (C=O) groups is 1. The van der Waals surface area contributed by atoms with Crippen molar-refractivity contribution in [1.82, 2.24) is 14.8 Å². The predicted octanol–water partition coefficient (Wildman–Crippen LogP) is 4.92. The number of methoxy groups -OCH3 is 1. The van der Waals surface area contributed by atoms with Gasteiger partial charge < -0.3 is 4.74 Å². The van der Waals surface area contributed by atoms with E-state index in [0.717, 1.165) is 17.0 Å².